The molecule has 1 amide bonds. The van der Waals surface area contributed by atoms with Gasteiger partial charge in [0.05, 0.1) is 6.04 Å². The van der Waals surface area contributed by atoms with Gasteiger partial charge in [0.15, 0.2) is 0 Å². The molecule has 4 rings (SSSR count). The highest BCUT2D eigenvalue weighted by Crippen LogP contribution is 2.33. The first kappa shape index (κ1) is 23.1. The molecule has 1 fully saturated rings. The van der Waals surface area contributed by atoms with Crippen LogP contribution in [0.2, 0.25) is 0 Å². The Morgan fingerprint density at radius 3 is 2.50 bits per heavy atom. The summed E-state index contributed by atoms with van der Waals surface area (Å²) in [6.07, 6.45) is 4.26. The van der Waals surface area contributed by atoms with Crippen LogP contribution in [0.1, 0.15) is 29.2 Å². The Labute approximate surface area is 197 Å². The molecule has 34 heavy (non-hydrogen) atoms. The molecule has 2 heterocycles. The van der Waals surface area contributed by atoms with Crippen molar-refractivity contribution in [3.63, 3.8) is 0 Å². The Morgan fingerprint density at radius 1 is 1.12 bits per heavy atom. The van der Waals surface area contributed by atoms with Crippen LogP contribution in [0.15, 0.2) is 66.7 Å². The van der Waals surface area contributed by atoms with Gasteiger partial charge >= 0.3 is 5.97 Å². The van der Waals surface area contributed by atoms with Gasteiger partial charge in [0.25, 0.3) is 5.91 Å². The molecule has 0 radical (unpaired) electrons. The minimum Gasteiger partial charge on any atom is -0.478 e. The predicted molar refractivity (Wildman–Crippen MR) is 129 cm³/mol. The van der Waals surface area contributed by atoms with E-state index in [-0.39, 0.29) is 17.4 Å². The fourth-order valence-corrected chi connectivity index (χ4v) is 4.13. The summed E-state index contributed by atoms with van der Waals surface area (Å²) in [6.45, 7) is 2.27. The summed E-state index contributed by atoms with van der Waals surface area (Å²) in [6, 6.07) is 16.7. The number of benzene rings is 2. The number of primary amides is 1. The Kier molecular flexibility index (Phi) is 6.93. The SMILES string of the molecule is NC(=O)c1c(-c2ccc(Oc3ccccc3)cc2)nn([C@@H]2CCN(CC/C=C/C(=O)O)C2)c1N. The summed E-state index contributed by atoms with van der Waals surface area (Å²) in [7, 11) is 0. The van der Waals surface area contributed by atoms with Crippen LogP contribution in [0.4, 0.5) is 5.82 Å². The van der Waals surface area contributed by atoms with Crippen molar-refractivity contribution in [3.05, 3.63) is 72.3 Å². The highest BCUT2D eigenvalue weighted by Gasteiger charge is 2.29. The van der Waals surface area contributed by atoms with Gasteiger partial charge in [0.2, 0.25) is 0 Å². The first-order chi connectivity index (χ1) is 16.4. The molecular weight excluding hydrogens is 434 g/mol. The van der Waals surface area contributed by atoms with Crippen molar-refractivity contribution < 1.29 is 19.4 Å². The van der Waals surface area contributed by atoms with Crippen LogP contribution in [-0.4, -0.2) is 51.3 Å². The number of nitrogens with two attached hydrogens (primary N) is 2. The normalized spacial score (nSPS) is 16.2. The lowest BCUT2D eigenvalue weighted by atomic mass is 10.1. The van der Waals surface area contributed by atoms with E-state index in [2.05, 4.69) is 10.00 Å². The van der Waals surface area contributed by atoms with E-state index in [1.165, 1.54) is 0 Å². The molecule has 176 valence electrons. The van der Waals surface area contributed by atoms with Gasteiger partial charge in [-0.2, -0.15) is 5.10 Å². The molecule has 5 N–H and O–H groups in total. The topological polar surface area (TPSA) is 137 Å². The first-order valence-corrected chi connectivity index (χ1v) is 11.1. The highest BCUT2D eigenvalue weighted by atomic mass is 16.5. The van der Waals surface area contributed by atoms with Crippen LogP contribution in [-0.2, 0) is 4.79 Å². The Bertz CT molecular complexity index is 1190. The number of rotatable bonds is 9. The molecule has 0 bridgehead atoms. The molecule has 0 unspecified atom stereocenters. The minimum atomic E-state index is -0.949. The van der Waals surface area contributed by atoms with E-state index >= 15 is 0 Å². The molecule has 1 atom stereocenters. The number of carbonyl (C=O) groups excluding carboxylic acids is 1. The predicted octanol–water partition coefficient (Wildman–Crippen LogP) is 3.30. The number of ether oxygens (including phenoxy) is 1. The first-order valence-electron chi connectivity index (χ1n) is 11.1. The molecule has 0 aliphatic carbocycles. The number of carboxylic acid groups (broad SMARTS) is 1. The summed E-state index contributed by atoms with van der Waals surface area (Å²) >= 11 is 0. The van der Waals surface area contributed by atoms with Crippen LogP contribution in [0.25, 0.3) is 11.3 Å². The third-order valence-electron chi connectivity index (χ3n) is 5.77. The van der Waals surface area contributed by atoms with Gasteiger partial charge in [0.1, 0.15) is 28.6 Å². The van der Waals surface area contributed by atoms with Crippen molar-refractivity contribution in [2.75, 3.05) is 25.4 Å². The third-order valence-corrected chi connectivity index (χ3v) is 5.77. The van der Waals surface area contributed by atoms with Gasteiger partial charge in [-0.3, -0.25) is 4.79 Å². The van der Waals surface area contributed by atoms with Crippen LogP contribution in [0.5, 0.6) is 11.5 Å². The van der Waals surface area contributed by atoms with Crippen LogP contribution in [0, 0.1) is 0 Å². The second-order valence-electron chi connectivity index (χ2n) is 8.13. The average Bonchev–Trinajstić information content (AvgIpc) is 3.42. The second kappa shape index (κ2) is 10.2. The standard InChI is InChI=1S/C25H27N5O4/c26-24-22(25(27)33)23(17-9-11-20(12-10-17)34-19-6-2-1-3-7-19)28-30(24)18-13-15-29(16-18)14-5-4-8-21(31)32/h1-4,6-12,18H,5,13-16,26H2,(H2,27,33)(H,31,32)/b8-4+/t18-/m1/s1. The van der Waals surface area contributed by atoms with Gasteiger partial charge < -0.3 is 26.2 Å². The van der Waals surface area contributed by atoms with Crippen molar-refractivity contribution >= 4 is 17.7 Å². The number of hydrogen-bond acceptors (Lipinski definition) is 6. The highest BCUT2D eigenvalue weighted by molar-refractivity contribution is 6.03. The van der Waals surface area contributed by atoms with Gasteiger partial charge in [-0.25, -0.2) is 9.48 Å². The van der Waals surface area contributed by atoms with Crippen molar-refractivity contribution in [3.8, 4) is 22.8 Å². The Balaban J connectivity index is 1.51. The van der Waals surface area contributed by atoms with Crippen LogP contribution < -0.4 is 16.2 Å². The maximum Gasteiger partial charge on any atom is 0.327 e. The van der Waals surface area contributed by atoms with E-state index in [0.717, 1.165) is 31.3 Å². The van der Waals surface area contributed by atoms with E-state index in [1.54, 1.807) is 10.8 Å². The number of anilines is 1. The van der Waals surface area contributed by atoms with Crippen molar-refractivity contribution in [1.82, 2.24) is 14.7 Å². The van der Waals surface area contributed by atoms with Gasteiger partial charge in [-0.1, -0.05) is 24.3 Å². The zero-order valence-electron chi connectivity index (χ0n) is 18.6. The molecule has 9 nitrogen and oxygen atoms in total. The van der Waals surface area contributed by atoms with E-state index in [4.69, 9.17) is 21.3 Å². The van der Waals surface area contributed by atoms with Crippen LogP contribution in [0.3, 0.4) is 0 Å². The number of aromatic nitrogens is 2. The Morgan fingerprint density at radius 2 is 1.82 bits per heavy atom. The molecule has 3 aromatic rings. The average molecular weight is 462 g/mol. The number of amides is 1. The lowest BCUT2D eigenvalue weighted by Crippen LogP contribution is -2.23. The third kappa shape index (κ3) is 5.26. The number of nitrogens with zero attached hydrogens (tertiary/aromatic N) is 3. The molecule has 1 aliphatic rings. The number of likely N-dealkylation sites (tertiary alicyclic amines) is 1. The van der Waals surface area contributed by atoms with Gasteiger partial charge in [0, 0.05) is 31.3 Å². The maximum atomic E-state index is 12.2. The molecule has 1 aliphatic heterocycles. The summed E-state index contributed by atoms with van der Waals surface area (Å²) in [5, 5.41) is 13.4. The number of carbonyl (C=O) groups is 2. The molecular formula is C25H27N5O4. The molecule has 1 saturated heterocycles. The summed E-state index contributed by atoms with van der Waals surface area (Å²) < 4.78 is 7.53. The number of nitrogen functional groups attached to an aromatic ring is 1. The van der Waals surface area contributed by atoms with Crippen molar-refractivity contribution in [2.24, 2.45) is 5.73 Å². The second-order valence-corrected chi connectivity index (χ2v) is 8.13. The molecule has 1 aromatic heterocycles. The quantitative estimate of drug-likeness (QED) is 0.416. The van der Waals surface area contributed by atoms with E-state index < -0.39 is 11.9 Å². The van der Waals surface area contributed by atoms with Gasteiger partial charge in [-0.15, -0.1) is 0 Å². The van der Waals surface area contributed by atoms with Gasteiger partial charge in [-0.05, 0) is 49.2 Å². The van der Waals surface area contributed by atoms with Crippen molar-refractivity contribution in [1.29, 1.82) is 0 Å². The minimum absolute atomic E-state index is 0.00371. The zero-order chi connectivity index (χ0) is 24.1. The summed E-state index contributed by atoms with van der Waals surface area (Å²) in [5.74, 6) is 0.0636. The fraction of sp³-hybridized carbons (Fsp3) is 0.240. The summed E-state index contributed by atoms with van der Waals surface area (Å²) in [5.41, 5.74) is 13.4. The zero-order valence-corrected chi connectivity index (χ0v) is 18.6. The molecule has 2 aromatic carbocycles. The largest absolute Gasteiger partial charge is 0.478 e. The van der Waals surface area contributed by atoms with E-state index in [0.29, 0.717) is 30.0 Å². The molecule has 0 spiro atoms. The number of hydrogen-bond donors (Lipinski definition) is 3. The monoisotopic (exact) mass is 461 g/mol. The fourth-order valence-electron chi connectivity index (χ4n) is 4.13. The molecule has 0 saturated carbocycles. The number of aliphatic carboxylic acids is 1. The Hall–Kier alpha value is -4.11. The lowest BCUT2D eigenvalue weighted by molar-refractivity contribution is -0.131. The van der Waals surface area contributed by atoms with E-state index in [9.17, 15) is 9.59 Å². The number of carboxylic acids is 1. The maximum absolute atomic E-state index is 12.2. The molecule has 9 heteroatoms. The smallest absolute Gasteiger partial charge is 0.327 e. The summed E-state index contributed by atoms with van der Waals surface area (Å²) in [4.78, 5) is 25.1. The van der Waals surface area contributed by atoms with Crippen LogP contribution >= 0.6 is 0 Å². The number of para-hydroxylation sites is 1. The van der Waals surface area contributed by atoms with E-state index in [1.807, 2.05) is 54.6 Å². The lowest BCUT2D eigenvalue weighted by Gasteiger charge is -2.16. The van der Waals surface area contributed by atoms with Crippen molar-refractivity contribution in [2.45, 2.75) is 18.9 Å².